The van der Waals surface area contributed by atoms with Crippen LogP contribution in [-0.4, -0.2) is 41.0 Å². The highest BCUT2D eigenvalue weighted by Crippen LogP contribution is 2.23. The summed E-state index contributed by atoms with van der Waals surface area (Å²) in [5, 5.41) is 2.18. The third-order valence-corrected chi connectivity index (χ3v) is 5.36. The van der Waals surface area contributed by atoms with Crippen LogP contribution in [0.4, 0.5) is 6.01 Å². The molecule has 0 atom stereocenters. The Kier molecular flexibility index (Phi) is 4.01. The molecule has 4 heterocycles. The fraction of sp³-hybridized carbons (Fsp3) is 0.412. The minimum atomic E-state index is 0.692. The lowest BCUT2D eigenvalue weighted by Crippen LogP contribution is -2.30. The van der Waals surface area contributed by atoms with Crippen LogP contribution in [0.5, 0.6) is 0 Å². The summed E-state index contributed by atoms with van der Waals surface area (Å²) >= 11 is 1.86. The van der Waals surface area contributed by atoms with Gasteiger partial charge in [0.2, 0.25) is 5.65 Å². The first-order chi connectivity index (χ1) is 11.3. The number of anilines is 1. The molecular formula is C17H20N4OS. The van der Waals surface area contributed by atoms with Crippen molar-refractivity contribution in [2.75, 3.05) is 31.1 Å². The molecule has 0 aliphatic carbocycles. The molecule has 0 saturated carbocycles. The van der Waals surface area contributed by atoms with Crippen molar-refractivity contribution in [3.05, 3.63) is 40.2 Å². The zero-order valence-electron chi connectivity index (χ0n) is 13.2. The molecule has 4 rings (SSSR count). The zero-order chi connectivity index (χ0) is 15.6. The molecule has 0 aromatic carbocycles. The monoisotopic (exact) mass is 328 g/mol. The van der Waals surface area contributed by atoms with E-state index in [1.165, 1.54) is 10.4 Å². The van der Waals surface area contributed by atoms with Crippen molar-refractivity contribution in [3.63, 3.8) is 0 Å². The van der Waals surface area contributed by atoms with Crippen molar-refractivity contribution in [1.29, 1.82) is 0 Å². The van der Waals surface area contributed by atoms with Crippen molar-refractivity contribution >= 4 is 28.6 Å². The number of hydrogen-bond donors (Lipinski definition) is 0. The van der Waals surface area contributed by atoms with Gasteiger partial charge in [-0.1, -0.05) is 0 Å². The van der Waals surface area contributed by atoms with Gasteiger partial charge in [-0.05, 0) is 42.5 Å². The second-order valence-corrected chi connectivity index (χ2v) is 6.97. The van der Waals surface area contributed by atoms with E-state index in [-0.39, 0.29) is 0 Å². The van der Waals surface area contributed by atoms with Gasteiger partial charge < -0.3 is 9.32 Å². The summed E-state index contributed by atoms with van der Waals surface area (Å²) in [7, 11) is 0. The predicted octanol–water partition coefficient (Wildman–Crippen LogP) is 3.31. The van der Waals surface area contributed by atoms with Crippen LogP contribution < -0.4 is 4.90 Å². The first-order valence-electron chi connectivity index (χ1n) is 8.01. The van der Waals surface area contributed by atoms with E-state index in [1.807, 2.05) is 23.5 Å². The molecule has 6 heteroatoms. The molecule has 1 fully saturated rings. The van der Waals surface area contributed by atoms with E-state index in [2.05, 4.69) is 38.1 Å². The molecule has 1 saturated heterocycles. The van der Waals surface area contributed by atoms with Gasteiger partial charge in [-0.25, -0.2) is 4.98 Å². The second kappa shape index (κ2) is 6.29. The van der Waals surface area contributed by atoms with E-state index in [0.717, 1.165) is 44.7 Å². The summed E-state index contributed by atoms with van der Waals surface area (Å²) in [6.07, 6.45) is 2.87. The lowest BCUT2D eigenvalue weighted by molar-refractivity contribution is 0.287. The highest BCUT2D eigenvalue weighted by Gasteiger charge is 2.20. The first-order valence-corrected chi connectivity index (χ1v) is 8.89. The van der Waals surface area contributed by atoms with Gasteiger partial charge in [0, 0.05) is 43.8 Å². The SMILES string of the molecule is Cc1ccsc1CN1CCCN(c2nc3ncccc3o2)CC1. The molecule has 5 nitrogen and oxygen atoms in total. The number of pyridine rings is 1. The molecule has 1 aliphatic rings. The Morgan fingerprint density at radius 3 is 3.00 bits per heavy atom. The van der Waals surface area contributed by atoms with Gasteiger partial charge in [0.05, 0.1) is 0 Å². The summed E-state index contributed by atoms with van der Waals surface area (Å²) < 4.78 is 5.86. The fourth-order valence-corrected chi connectivity index (χ4v) is 3.93. The number of rotatable bonds is 3. The molecule has 0 N–H and O–H groups in total. The van der Waals surface area contributed by atoms with E-state index in [9.17, 15) is 0 Å². The van der Waals surface area contributed by atoms with Gasteiger partial charge in [-0.15, -0.1) is 11.3 Å². The average Bonchev–Trinajstić information content (AvgIpc) is 3.08. The van der Waals surface area contributed by atoms with Crippen molar-refractivity contribution in [2.24, 2.45) is 0 Å². The molecule has 0 radical (unpaired) electrons. The Balaban J connectivity index is 1.45. The summed E-state index contributed by atoms with van der Waals surface area (Å²) in [5.41, 5.74) is 2.86. The minimum absolute atomic E-state index is 0.692. The smallest absolute Gasteiger partial charge is 0.299 e. The minimum Gasteiger partial charge on any atom is -0.422 e. The van der Waals surface area contributed by atoms with E-state index in [0.29, 0.717) is 11.7 Å². The Morgan fingerprint density at radius 2 is 2.17 bits per heavy atom. The van der Waals surface area contributed by atoms with Gasteiger partial charge in [0.1, 0.15) is 0 Å². The van der Waals surface area contributed by atoms with Crippen LogP contribution >= 0.6 is 11.3 Å². The maximum absolute atomic E-state index is 5.86. The summed E-state index contributed by atoms with van der Waals surface area (Å²) in [6.45, 7) is 7.31. The lowest BCUT2D eigenvalue weighted by Gasteiger charge is -2.20. The molecule has 3 aromatic rings. The summed E-state index contributed by atoms with van der Waals surface area (Å²) in [4.78, 5) is 15.0. The standard InChI is InChI=1S/C17H20N4OS/c1-13-5-11-23-15(13)12-20-7-3-8-21(10-9-20)17-19-16-14(22-17)4-2-6-18-16/h2,4-6,11H,3,7-10,12H2,1H3. The molecular weight excluding hydrogens is 308 g/mol. The molecule has 1 aliphatic heterocycles. The first kappa shape index (κ1) is 14.7. The van der Waals surface area contributed by atoms with Crippen LogP contribution in [0.2, 0.25) is 0 Å². The second-order valence-electron chi connectivity index (χ2n) is 5.97. The van der Waals surface area contributed by atoms with Gasteiger partial charge in [-0.2, -0.15) is 4.98 Å². The summed E-state index contributed by atoms with van der Waals surface area (Å²) in [6, 6.07) is 6.70. The van der Waals surface area contributed by atoms with Crippen molar-refractivity contribution in [2.45, 2.75) is 19.9 Å². The van der Waals surface area contributed by atoms with Crippen molar-refractivity contribution in [1.82, 2.24) is 14.9 Å². The molecule has 23 heavy (non-hydrogen) atoms. The molecule has 0 unspecified atom stereocenters. The van der Waals surface area contributed by atoms with E-state index < -0.39 is 0 Å². The van der Waals surface area contributed by atoms with Gasteiger partial charge in [-0.3, -0.25) is 4.90 Å². The van der Waals surface area contributed by atoms with Crippen LogP contribution in [0.1, 0.15) is 16.9 Å². The van der Waals surface area contributed by atoms with Crippen molar-refractivity contribution in [3.8, 4) is 0 Å². The van der Waals surface area contributed by atoms with E-state index >= 15 is 0 Å². The number of hydrogen-bond acceptors (Lipinski definition) is 6. The number of oxazole rings is 1. The predicted molar refractivity (Wildman–Crippen MR) is 93.0 cm³/mol. The van der Waals surface area contributed by atoms with E-state index in [1.54, 1.807) is 6.20 Å². The quantitative estimate of drug-likeness (QED) is 0.738. The van der Waals surface area contributed by atoms with Crippen LogP contribution in [0, 0.1) is 6.92 Å². The normalized spacial score (nSPS) is 16.8. The number of aryl methyl sites for hydroxylation is 1. The third-order valence-electron chi connectivity index (χ3n) is 4.35. The Hall–Kier alpha value is -1.92. The largest absolute Gasteiger partial charge is 0.422 e. The highest BCUT2D eigenvalue weighted by atomic mass is 32.1. The molecule has 0 bridgehead atoms. The maximum Gasteiger partial charge on any atom is 0.299 e. The highest BCUT2D eigenvalue weighted by molar-refractivity contribution is 7.10. The Morgan fingerprint density at radius 1 is 1.22 bits per heavy atom. The van der Waals surface area contributed by atoms with Crippen LogP contribution in [0.3, 0.4) is 0 Å². The van der Waals surface area contributed by atoms with Crippen LogP contribution in [0.15, 0.2) is 34.2 Å². The lowest BCUT2D eigenvalue weighted by atomic mass is 10.2. The Labute approximate surface area is 139 Å². The topological polar surface area (TPSA) is 45.4 Å². The molecule has 3 aromatic heterocycles. The maximum atomic E-state index is 5.86. The molecule has 120 valence electrons. The number of nitrogens with zero attached hydrogens (tertiary/aromatic N) is 4. The van der Waals surface area contributed by atoms with Gasteiger partial charge >= 0.3 is 0 Å². The summed E-state index contributed by atoms with van der Waals surface area (Å²) in [5.74, 6) is 0. The van der Waals surface area contributed by atoms with Crippen LogP contribution in [-0.2, 0) is 6.54 Å². The van der Waals surface area contributed by atoms with E-state index in [4.69, 9.17) is 4.42 Å². The Bertz CT molecular complexity index is 764. The van der Waals surface area contributed by atoms with Gasteiger partial charge in [0.25, 0.3) is 6.01 Å². The number of aromatic nitrogens is 2. The third kappa shape index (κ3) is 3.09. The fourth-order valence-electron chi connectivity index (χ4n) is 2.98. The molecule has 0 spiro atoms. The number of thiophene rings is 1. The van der Waals surface area contributed by atoms with Crippen molar-refractivity contribution < 1.29 is 4.42 Å². The molecule has 0 amide bonds. The van der Waals surface area contributed by atoms with Crippen LogP contribution in [0.25, 0.3) is 11.2 Å². The zero-order valence-corrected chi connectivity index (χ0v) is 14.1. The average molecular weight is 328 g/mol. The van der Waals surface area contributed by atoms with Gasteiger partial charge in [0.15, 0.2) is 5.58 Å². The number of fused-ring (bicyclic) bond motifs is 1.